The van der Waals surface area contributed by atoms with Crippen LogP contribution in [0.15, 0.2) is 54.7 Å². The van der Waals surface area contributed by atoms with Gasteiger partial charge in [-0.05, 0) is 41.9 Å². The molecule has 1 unspecified atom stereocenters. The van der Waals surface area contributed by atoms with Crippen molar-refractivity contribution >= 4 is 17.2 Å². The smallest absolute Gasteiger partial charge is 0.337 e. The van der Waals surface area contributed by atoms with E-state index in [1.54, 1.807) is 6.20 Å². The molecule has 3 rings (SSSR count). The molecule has 1 atom stereocenters. The maximum atomic E-state index is 11.9. The summed E-state index contributed by atoms with van der Waals surface area (Å²) in [5, 5.41) is 9.74. The number of rotatable bonds is 7. The van der Waals surface area contributed by atoms with E-state index in [0.717, 1.165) is 48.6 Å². The molecule has 0 aromatic heterocycles. The van der Waals surface area contributed by atoms with Crippen molar-refractivity contribution in [2.24, 2.45) is 0 Å². The number of hydrogen-bond donors (Lipinski definition) is 2. The largest absolute Gasteiger partial charge is 0.478 e. The van der Waals surface area contributed by atoms with Gasteiger partial charge in [0, 0.05) is 25.0 Å². The lowest BCUT2D eigenvalue weighted by atomic mass is 9.87. The number of nitrogen functional groups attached to an aromatic ring is 1. The number of carbonyl (C=O) groups is 1. The van der Waals surface area contributed by atoms with Crippen molar-refractivity contribution in [3.63, 3.8) is 0 Å². The highest BCUT2D eigenvalue weighted by atomic mass is 16.4. The van der Waals surface area contributed by atoms with Crippen molar-refractivity contribution in [2.75, 3.05) is 31.9 Å². The minimum absolute atomic E-state index is 0.0273. The number of nitrogens with zero attached hydrogens (tertiary/aromatic N) is 2. The Morgan fingerprint density at radius 1 is 1.11 bits per heavy atom. The van der Waals surface area contributed by atoms with Crippen LogP contribution in [0.4, 0.5) is 5.69 Å². The van der Waals surface area contributed by atoms with Gasteiger partial charge in [-0.3, -0.25) is 0 Å². The minimum Gasteiger partial charge on any atom is -0.478 e. The number of fused-ring (bicyclic) bond motifs is 1. The average molecular weight is 365 g/mol. The number of anilines is 1. The normalized spacial score (nSPS) is 16.2. The molecule has 142 valence electrons. The van der Waals surface area contributed by atoms with E-state index in [-0.39, 0.29) is 6.04 Å². The van der Waals surface area contributed by atoms with Gasteiger partial charge in [-0.25, -0.2) is 4.79 Å². The first-order valence-corrected chi connectivity index (χ1v) is 9.43. The van der Waals surface area contributed by atoms with Crippen LogP contribution in [0, 0.1) is 0 Å². The lowest BCUT2D eigenvalue weighted by Gasteiger charge is -2.38. The second-order valence-electron chi connectivity index (χ2n) is 6.77. The molecule has 2 aromatic carbocycles. The summed E-state index contributed by atoms with van der Waals surface area (Å²) in [6.45, 7) is 7.87. The molecular weight excluding hydrogens is 338 g/mol. The Kier molecular flexibility index (Phi) is 5.81. The molecule has 0 aliphatic carbocycles. The van der Waals surface area contributed by atoms with Crippen LogP contribution in [0.25, 0.3) is 5.57 Å². The Morgan fingerprint density at radius 2 is 1.78 bits per heavy atom. The number of aliphatic carboxylic acids is 1. The van der Waals surface area contributed by atoms with Crippen LogP contribution in [-0.2, 0) is 4.79 Å². The van der Waals surface area contributed by atoms with Crippen LogP contribution in [0.5, 0.6) is 0 Å². The van der Waals surface area contributed by atoms with Gasteiger partial charge in [0.2, 0.25) is 0 Å². The summed E-state index contributed by atoms with van der Waals surface area (Å²) >= 11 is 0. The number of likely N-dealkylation sites (N-methyl/N-ethyl adjacent to an activating group) is 1. The van der Waals surface area contributed by atoms with Gasteiger partial charge in [-0.2, -0.15) is 0 Å². The van der Waals surface area contributed by atoms with Gasteiger partial charge in [0.1, 0.15) is 0 Å². The molecule has 3 N–H and O–H groups in total. The Bertz CT molecular complexity index is 826. The monoisotopic (exact) mass is 365 g/mol. The Hall–Kier alpha value is -2.79. The molecule has 0 saturated carbocycles. The van der Waals surface area contributed by atoms with Crippen LogP contribution in [0.2, 0.25) is 0 Å². The molecule has 0 amide bonds. The number of hydrogen-bond acceptors (Lipinski definition) is 4. The van der Waals surface area contributed by atoms with Gasteiger partial charge < -0.3 is 20.6 Å². The van der Waals surface area contributed by atoms with Crippen LogP contribution >= 0.6 is 0 Å². The molecule has 27 heavy (non-hydrogen) atoms. The number of carboxylic acid groups (broad SMARTS) is 1. The maximum absolute atomic E-state index is 11.9. The zero-order valence-electron chi connectivity index (χ0n) is 15.9. The Balaban J connectivity index is 2.05. The fourth-order valence-corrected chi connectivity index (χ4v) is 3.68. The van der Waals surface area contributed by atoms with E-state index in [4.69, 9.17) is 5.73 Å². The van der Waals surface area contributed by atoms with E-state index in [9.17, 15) is 9.90 Å². The SMILES string of the molecule is CCN(CC)CCN1C=C(C(=O)O)c2ccccc2C1c1ccc(N)cc1. The topological polar surface area (TPSA) is 69.8 Å². The summed E-state index contributed by atoms with van der Waals surface area (Å²) in [6.07, 6.45) is 1.80. The summed E-state index contributed by atoms with van der Waals surface area (Å²) in [7, 11) is 0. The third-order valence-electron chi connectivity index (χ3n) is 5.22. The first-order valence-electron chi connectivity index (χ1n) is 9.43. The highest BCUT2D eigenvalue weighted by Gasteiger charge is 2.30. The third kappa shape index (κ3) is 3.98. The number of carboxylic acids is 1. The molecular formula is C22H27N3O2. The van der Waals surface area contributed by atoms with Crippen molar-refractivity contribution in [1.82, 2.24) is 9.80 Å². The fourth-order valence-electron chi connectivity index (χ4n) is 3.68. The second-order valence-corrected chi connectivity index (χ2v) is 6.77. The number of benzene rings is 2. The van der Waals surface area contributed by atoms with E-state index < -0.39 is 5.97 Å². The van der Waals surface area contributed by atoms with E-state index in [1.165, 1.54) is 0 Å². The molecule has 1 aliphatic heterocycles. The predicted molar refractivity (Wildman–Crippen MR) is 109 cm³/mol. The summed E-state index contributed by atoms with van der Waals surface area (Å²) < 4.78 is 0. The van der Waals surface area contributed by atoms with Crippen molar-refractivity contribution in [3.05, 3.63) is 71.4 Å². The van der Waals surface area contributed by atoms with Gasteiger partial charge in [0.25, 0.3) is 0 Å². The summed E-state index contributed by atoms with van der Waals surface area (Å²) in [5.41, 5.74) is 9.84. The highest BCUT2D eigenvalue weighted by Crippen LogP contribution is 2.39. The van der Waals surface area contributed by atoms with E-state index >= 15 is 0 Å². The maximum Gasteiger partial charge on any atom is 0.337 e. The molecule has 2 aromatic rings. The lowest BCUT2D eigenvalue weighted by molar-refractivity contribution is -0.130. The first-order chi connectivity index (χ1) is 13.0. The number of nitrogens with two attached hydrogens (primary N) is 1. The molecule has 5 heteroatoms. The van der Waals surface area contributed by atoms with Crippen LogP contribution in [0.1, 0.15) is 36.6 Å². The third-order valence-corrected chi connectivity index (χ3v) is 5.22. The van der Waals surface area contributed by atoms with Crippen molar-refractivity contribution < 1.29 is 9.90 Å². The summed E-state index contributed by atoms with van der Waals surface area (Å²) in [5.74, 6) is -0.897. The van der Waals surface area contributed by atoms with Crippen LogP contribution in [-0.4, -0.2) is 47.1 Å². The van der Waals surface area contributed by atoms with Gasteiger partial charge >= 0.3 is 5.97 Å². The fraction of sp³-hybridized carbons (Fsp3) is 0.318. The van der Waals surface area contributed by atoms with Gasteiger partial charge in [0.05, 0.1) is 11.6 Å². The van der Waals surface area contributed by atoms with Gasteiger partial charge in [0.15, 0.2) is 0 Å². The van der Waals surface area contributed by atoms with Crippen molar-refractivity contribution in [3.8, 4) is 0 Å². The van der Waals surface area contributed by atoms with E-state index in [1.807, 2.05) is 48.5 Å². The molecule has 0 fully saturated rings. The van der Waals surface area contributed by atoms with Crippen LogP contribution < -0.4 is 5.73 Å². The molecule has 1 heterocycles. The second kappa shape index (κ2) is 8.27. The Morgan fingerprint density at radius 3 is 2.41 bits per heavy atom. The average Bonchev–Trinajstić information content (AvgIpc) is 2.68. The zero-order valence-corrected chi connectivity index (χ0v) is 15.9. The molecule has 5 nitrogen and oxygen atoms in total. The zero-order chi connectivity index (χ0) is 19.4. The molecule has 0 bridgehead atoms. The molecule has 0 spiro atoms. The lowest BCUT2D eigenvalue weighted by Crippen LogP contribution is -2.37. The van der Waals surface area contributed by atoms with Gasteiger partial charge in [-0.1, -0.05) is 50.2 Å². The van der Waals surface area contributed by atoms with Crippen molar-refractivity contribution in [1.29, 1.82) is 0 Å². The minimum atomic E-state index is -0.897. The predicted octanol–water partition coefficient (Wildman–Crippen LogP) is 3.44. The summed E-state index contributed by atoms with van der Waals surface area (Å²) in [6, 6.07) is 15.6. The standard InChI is InChI=1S/C22H27N3O2/c1-3-24(4-2)13-14-25-15-20(22(26)27)18-7-5-6-8-19(18)21(25)16-9-11-17(23)12-10-16/h5-12,15,21H,3-4,13-14,23H2,1-2H3,(H,26,27). The Labute approximate surface area is 160 Å². The molecule has 1 aliphatic rings. The van der Waals surface area contributed by atoms with Crippen molar-refractivity contribution in [2.45, 2.75) is 19.9 Å². The van der Waals surface area contributed by atoms with E-state index in [2.05, 4.69) is 23.6 Å². The van der Waals surface area contributed by atoms with Crippen LogP contribution in [0.3, 0.4) is 0 Å². The highest BCUT2D eigenvalue weighted by molar-refractivity contribution is 6.16. The molecule has 0 radical (unpaired) electrons. The first kappa shape index (κ1) is 19.0. The summed E-state index contributed by atoms with van der Waals surface area (Å²) in [4.78, 5) is 16.4. The molecule has 0 saturated heterocycles. The van der Waals surface area contributed by atoms with E-state index in [0.29, 0.717) is 5.57 Å². The quantitative estimate of drug-likeness (QED) is 0.736. The van der Waals surface area contributed by atoms with Gasteiger partial charge in [-0.15, -0.1) is 0 Å².